The van der Waals surface area contributed by atoms with Crippen LogP contribution in [0.15, 0.2) is 0 Å². The maximum Gasteiger partial charge on any atom is -0.00489 e. The van der Waals surface area contributed by atoms with Crippen LogP contribution < -0.4 is 5.73 Å². The van der Waals surface area contributed by atoms with Crippen LogP contribution in [-0.4, -0.2) is 6.54 Å². The zero-order chi connectivity index (χ0) is 9.03. The van der Waals surface area contributed by atoms with E-state index in [2.05, 4.69) is 13.8 Å². The van der Waals surface area contributed by atoms with Crippen molar-refractivity contribution in [3.05, 3.63) is 0 Å². The summed E-state index contributed by atoms with van der Waals surface area (Å²) in [6.45, 7) is 5.70. The van der Waals surface area contributed by atoms with E-state index in [0.717, 1.165) is 12.5 Å². The third-order valence-corrected chi connectivity index (χ3v) is 3.27. The lowest BCUT2D eigenvalue weighted by atomic mass is 9.77. The molecule has 1 rings (SSSR count). The SMILES string of the molecule is CC1(C)CCCC(CN)CCC1. The molecule has 1 saturated carbocycles. The summed E-state index contributed by atoms with van der Waals surface area (Å²) < 4.78 is 0. The lowest BCUT2D eigenvalue weighted by molar-refractivity contribution is 0.239. The predicted octanol–water partition coefficient (Wildman–Crippen LogP) is 2.94. The van der Waals surface area contributed by atoms with Crippen LogP contribution in [0.1, 0.15) is 52.4 Å². The van der Waals surface area contributed by atoms with Gasteiger partial charge in [-0.3, -0.25) is 0 Å². The van der Waals surface area contributed by atoms with Gasteiger partial charge in [0.1, 0.15) is 0 Å². The molecule has 0 aromatic carbocycles. The highest BCUT2D eigenvalue weighted by Crippen LogP contribution is 2.34. The summed E-state index contributed by atoms with van der Waals surface area (Å²) in [5.41, 5.74) is 6.29. The molecule has 72 valence electrons. The molecule has 0 heterocycles. The zero-order valence-corrected chi connectivity index (χ0v) is 8.60. The molecule has 0 amide bonds. The maximum atomic E-state index is 5.69. The highest BCUT2D eigenvalue weighted by molar-refractivity contribution is 4.74. The summed E-state index contributed by atoms with van der Waals surface area (Å²) in [7, 11) is 0. The molecule has 1 aliphatic rings. The molecule has 1 heteroatoms. The molecule has 0 bridgehead atoms. The third kappa shape index (κ3) is 3.14. The molecule has 0 aliphatic heterocycles. The number of hydrogen-bond donors (Lipinski definition) is 1. The minimum atomic E-state index is 0.597. The Morgan fingerprint density at radius 3 is 2.08 bits per heavy atom. The normalized spacial score (nSPS) is 26.2. The van der Waals surface area contributed by atoms with Crippen molar-refractivity contribution in [2.24, 2.45) is 17.1 Å². The molecule has 0 aromatic heterocycles. The molecule has 0 unspecified atom stereocenters. The van der Waals surface area contributed by atoms with Crippen molar-refractivity contribution in [1.82, 2.24) is 0 Å². The molecule has 1 nitrogen and oxygen atoms in total. The van der Waals surface area contributed by atoms with Crippen molar-refractivity contribution in [1.29, 1.82) is 0 Å². The van der Waals surface area contributed by atoms with Crippen LogP contribution in [0.4, 0.5) is 0 Å². The first-order valence-electron chi connectivity index (χ1n) is 5.34. The van der Waals surface area contributed by atoms with Gasteiger partial charge in [0.25, 0.3) is 0 Å². The fraction of sp³-hybridized carbons (Fsp3) is 1.00. The molecule has 0 radical (unpaired) electrons. The predicted molar refractivity (Wildman–Crippen MR) is 54.0 cm³/mol. The Morgan fingerprint density at radius 2 is 1.67 bits per heavy atom. The zero-order valence-electron chi connectivity index (χ0n) is 8.60. The highest BCUT2D eigenvalue weighted by Gasteiger charge is 2.21. The van der Waals surface area contributed by atoms with E-state index in [1.165, 1.54) is 38.5 Å². The van der Waals surface area contributed by atoms with Gasteiger partial charge in [0.15, 0.2) is 0 Å². The van der Waals surface area contributed by atoms with E-state index in [1.807, 2.05) is 0 Å². The van der Waals surface area contributed by atoms with Gasteiger partial charge in [-0.05, 0) is 43.6 Å². The number of hydrogen-bond acceptors (Lipinski definition) is 1. The summed E-state index contributed by atoms with van der Waals surface area (Å²) in [5.74, 6) is 0.820. The topological polar surface area (TPSA) is 26.0 Å². The van der Waals surface area contributed by atoms with Gasteiger partial charge in [-0.15, -0.1) is 0 Å². The Labute approximate surface area is 76.7 Å². The summed E-state index contributed by atoms with van der Waals surface area (Å²) in [6, 6.07) is 0. The molecule has 0 atom stereocenters. The summed E-state index contributed by atoms with van der Waals surface area (Å²) >= 11 is 0. The molecule has 0 aromatic rings. The van der Waals surface area contributed by atoms with E-state index in [-0.39, 0.29) is 0 Å². The van der Waals surface area contributed by atoms with Gasteiger partial charge >= 0.3 is 0 Å². The van der Waals surface area contributed by atoms with Crippen LogP contribution in [0.3, 0.4) is 0 Å². The van der Waals surface area contributed by atoms with Crippen LogP contribution >= 0.6 is 0 Å². The lowest BCUT2D eigenvalue weighted by Crippen LogP contribution is -2.20. The fourth-order valence-electron chi connectivity index (χ4n) is 2.24. The average molecular weight is 169 g/mol. The Kier molecular flexibility index (Phi) is 3.57. The molecular weight excluding hydrogens is 146 g/mol. The van der Waals surface area contributed by atoms with Crippen LogP contribution in [0, 0.1) is 11.3 Å². The Hall–Kier alpha value is -0.0400. The summed E-state index contributed by atoms with van der Waals surface area (Å²) in [6.07, 6.45) is 8.27. The standard InChI is InChI=1S/C11H23N/c1-11(2)7-3-5-10(9-12)6-4-8-11/h10H,3-9,12H2,1-2H3. The van der Waals surface area contributed by atoms with Crippen molar-refractivity contribution in [3.63, 3.8) is 0 Å². The minimum absolute atomic E-state index is 0.597. The molecule has 1 aliphatic carbocycles. The molecule has 1 fully saturated rings. The van der Waals surface area contributed by atoms with Crippen LogP contribution in [0.2, 0.25) is 0 Å². The average Bonchev–Trinajstić information content (AvgIpc) is 1.97. The Bertz CT molecular complexity index is 117. The maximum absolute atomic E-state index is 5.69. The van der Waals surface area contributed by atoms with Crippen LogP contribution in [-0.2, 0) is 0 Å². The monoisotopic (exact) mass is 169 g/mol. The van der Waals surface area contributed by atoms with E-state index in [4.69, 9.17) is 5.73 Å². The van der Waals surface area contributed by atoms with E-state index >= 15 is 0 Å². The van der Waals surface area contributed by atoms with Crippen molar-refractivity contribution in [3.8, 4) is 0 Å². The second kappa shape index (κ2) is 4.27. The van der Waals surface area contributed by atoms with Gasteiger partial charge in [-0.25, -0.2) is 0 Å². The highest BCUT2D eigenvalue weighted by atomic mass is 14.5. The molecule has 2 N–H and O–H groups in total. The quantitative estimate of drug-likeness (QED) is 0.641. The molecule has 12 heavy (non-hydrogen) atoms. The second-order valence-electron chi connectivity index (χ2n) is 5.05. The van der Waals surface area contributed by atoms with Gasteiger partial charge in [0.2, 0.25) is 0 Å². The van der Waals surface area contributed by atoms with Gasteiger partial charge in [-0.1, -0.05) is 26.7 Å². The van der Waals surface area contributed by atoms with E-state index in [0.29, 0.717) is 5.41 Å². The first-order chi connectivity index (χ1) is 5.64. The van der Waals surface area contributed by atoms with Crippen molar-refractivity contribution < 1.29 is 0 Å². The lowest BCUT2D eigenvalue weighted by Gasteiger charge is -2.29. The minimum Gasteiger partial charge on any atom is -0.330 e. The smallest absolute Gasteiger partial charge is 0.00489 e. The van der Waals surface area contributed by atoms with Crippen LogP contribution in [0.5, 0.6) is 0 Å². The van der Waals surface area contributed by atoms with Gasteiger partial charge in [0.05, 0.1) is 0 Å². The van der Waals surface area contributed by atoms with E-state index in [9.17, 15) is 0 Å². The largest absolute Gasteiger partial charge is 0.330 e. The van der Waals surface area contributed by atoms with E-state index < -0.39 is 0 Å². The second-order valence-corrected chi connectivity index (χ2v) is 5.05. The first-order valence-corrected chi connectivity index (χ1v) is 5.34. The van der Waals surface area contributed by atoms with Crippen molar-refractivity contribution in [2.45, 2.75) is 52.4 Å². The van der Waals surface area contributed by atoms with E-state index in [1.54, 1.807) is 0 Å². The van der Waals surface area contributed by atoms with Crippen LogP contribution in [0.25, 0.3) is 0 Å². The number of nitrogens with two attached hydrogens (primary N) is 1. The molecule has 0 spiro atoms. The summed E-state index contributed by atoms with van der Waals surface area (Å²) in [5, 5.41) is 0. The molecular formula is C11H23N. The van der Waals surface area contributed by atoms with Crippen molar-refractivity contribution >= 4 is 0 Å². The van der Waals surface area contributed by atoms with Gasteiger partial charge < -0.3 is 5.73 Å². The summed E-state index contributed by atoms with van der Waals surface area (Å²) in [4.78, 5) is 0. The molecule has 0 saturated heterocycles. The Morgan fingerprint density at radius 1 is 1.17 bits per heavy atom. The first kappa shape index (κ1) is 10.0. The number of rotatable bonds is 1. The Balaban J connectivity index is 2.34. The van der Waals surface area contributed by atoms with Gasteiger partial charge in [-0.2, -0.15) is 0 Å². The fourth-order valence-corrected chi connectivity index (χ4v) is 2.24. The van der Waals surface area contributed by atoms with Gasteiger partial charge in [0, 0.05) is 0 Å². The van der Waals surface area contributed by atoms with Crippen molar-refractivity contribution in [2.75, 3.05) is 6.54 Å². The third-order valence-electron chi connectivity index (χ3n) is 3.27.